The van der Waals surface area contributed by atoms with Crippen LogP contribution in [0.25, 0.3) is 0 Å². The molecule has 0 aliphatic heterocycles. The molecule has 0 aromatic heterocycles. The molecule has 0 unspecified atom stereocenters. The Balaban J connectivity index is 3.02. The summed E-state index contributed by atoms with van der Waals surface area (Å²) in [5, 5.41) is 14.0. The number of nitrogens with zero attached hydrogens (tertiary/aromatic N) is 1. The van der Waals surface area contributed by atoms with Crippen molar-refractivity contribution < 1.29 is 4.92 Å². The van der Waals surface area contributed by atoms with Crippen LogP contribution in [0.3, 0.4) is 0 Å². The van der Waals surface area contributed by atoms with Crippen molar-refractivity contribution in [1.82, 2.24) is 0 Å². The van der Waals surface area contributed by atoms with Gasteiger partial charge in [0, 0.05) is 12.6 Å². The number of halogens is 1. The molecule has 0 heterocycles. The second-order valence-corrected chi connectivity index (χ2v) is 3.23. The first-order chi connectivity index (χ1) is 6.66. The first kappa shape index (κ1) is 10.8. The molecule has 4 nitrogen and oxygen atoms in total. The highest BCUT2D eigenvalue weighted by molar-refractivity contribution is 6.33. The summed E-state index contributed by atoms with van der Waals surface area (Å²) in [5.74, 6) is 0. The molecule has 0 aliphatic rings. The summed E-state index contributed by atoms with van der Waals surface area (Å²) in [6.07, 6.45) is 0.891. The van der Waals surface area contributed by atoms with E-state index in [2.05, 4.69) is 5.32 Å². The van der Waals surface area contributed by atoms with Gasteiger partial charge in [-0.25, -0.2) is 0 Å². The van der Waals surface area contributed by atoms with E-state index in [1.165, 1.54) is 6.07 Å². The van der Waals surface area contributed by atoms with E-state index in [9.17, 15) is 10.1 Å². The van der Waals surface area contributed by atoms with Crippen molar-refractivity contribution in [2.45, 2.75) is 13.3 Å². The van der Waals surface area contributed by atoms with E-state index in [1.807, 2.05) is 6.92 Å². The van der Waals surface area contributed by atoms with Crippen LogP contribution in [-0.4, -0.2) is 11.5 Å². The molecular formula is C9H11ClN2O2. The lowest BCUT2D eigenvalue weighted by atomic mass is 10.2. The van der Waals surface area contributed by atoms with Crippen molar-refractivity contribution in [3.8, 4) is 0 Å². The van der Waals surface area contributed by atoms with Gasteiger partial charge in [-0.2, -0.15) is 0 Å². The molecule has 0 aliphatic carbocycles. The van der Waals surface area contributed by atoms with Crippen LogP contribution in [0.4, 0.5) is 11.4 Å². The molecule has 0 saturated carbocycles. The average Bonchev–Trinajstić information content (AvgIpc) is 2.15. The Bertz CT molecular complexity index is 342. The molecule has 1 N–H and O–H groups in total. The standard InChI is InChI=1S/C9H11ClN2O2/c1-2-6-11-9-7(10)4-3-5-8(9)12(13)14/h3-5,11H,2,6H2,1H3. The number of nitro benzene ring substituents is 1. The van der Waals surface area contributed by atoms with Crippen molar-refractivity contribution in [3.63, 3.8) is 0 Å². The molecule has 0 saturated heterocycles. The van der Waals surface area contributed by atoms with Gasteiger partial charge in [0.1, 0.15) is 5.69 Å². The number of hydrogen-bond acceptors (Lipinski definition) is 3. The Kier molecular flexibility index (Phi) is 3.71. The molecular weight excluding hydrogens is 204 g/mol. The Hall–Kier alpha value is -1.29. The highest BCUT2D eigenvalue weighted by atomic mass is 35.5. The lowest BCUT2D eigenvalue weighted by Gasteiger charge is -2.06. The number of anilines is 1. The molecule has 5 heteroatoms. The Labute approximate surface area is 87.0 Å². The van der Waals surface area contributed by atoms with Crippen LogP contribution in [0.1, 0.15) is 13.3 Å². The molecule has 0 amide bonds. The van der Waals surface area contributed by atoms with Crippen molar-refractivity contribution in [2.24, 2.45) is 0 Å². The summed E-state index contributed by atoms with van der Waals surface area (Å²) < 4.78 is 0. The minimum Gasteiger partial charge on any atom is -0.378 e. The van der Waals surface area contributed by atoms with Gasteiger partial charge in [0.15, 0.2) is 0 Å². The molecule has 76 valence electrons. The smallest absolute Gasteiger partial charge is 0.293 e. The molecule has 14 heavy (non-hydrogen) atoms. The van der Waals surface area contributed by atoms with E-state index in [0.29, 0.717) is 17.3 Å². The van der Waals surface area contributed by atoms with Crippen LogP contribution in [0, 0.1) is 10.1 Å². The number of para-hydroxylation sites is 1. The Morgan fingerprint density at radius 3 is 2.86 bits per heavy atom. The van der Waals surface area contributed by atoms with Gasteiger partial charge in [-0.1, -0.05) is 24.6 Å². The van der Waals surface area contributed by atoms with Crippen molar-refractivity contribution in [3.05, 3.63) is 33.3 Å². The third kappa shape index (κ3) is 2.35. The average molecular weight is 215 g/mol. The van der Waals surface area contributed by atoms with E-state index in [-0.39, 0.29) is 5.69 Å². The fourth-order valence-corrected chi connectivity index (χ4v) is 1.33. The van der Waals surface area contributed by atoms with Gasteiger partial charge < -0.3 is 5.32 Å². The van der Waals surface area contributed by atoms with Gasteiger partial charge >= 0.3 is 0 Å². The van der Waals surface area contributed by atoms with E-state index in [1.54, 1.807) is 12.1 Å². The second-order valence-electron chi connectivity index (χ2n) is 2.82. The molecule has 1 aromatic rings. The monoisotopic (exact) mass is 214 g/mol. The summed E-state index contributed by atoms with van der Waals surface area (Å²) >= 11 is 5.84. The molecule has 1 aromatic carbocycles. The minimum absolute atomic E-state index is 0.0194. The fraction of sp³-hybridized carbons (Fsp3) is 0.333. The van der Waals surface area contributed by atoms with Crippen LogP contribution in [0.5, 0.6) is 0 Å². The van der Waals surface area contributed by atoms with E-state index in [4.69, 9.17) is 11.6 Å². The summed E-state index contributed by atoms with van der Waals surface area (Å²) in [5.41, 5.74) is 0.423. The fourth-order valence-electron chi connectivity index (χ4n) is 1.09. The second kappa shape index (κ2) is 4.81. The number of nitro groups is 1. The predicted octanol–water partition coefficient (Wildman–Crippen LogP) is 3.07. The summed E-state index contributed by atoms with van der Waals surface area (Å²) in [6.45, 7) is 2.65. The van der Waals surface area contributed by atoms with E-state index >= 15 is 0 Å². The predicted molar refractivity (Wildman–Crippen MR) is 56.9 cm³/mol. The Morgan fingerprint density at radius 2 is 2.29 bits per heavy atom. The zero-order valence-corrected chi connectivity index (χ0v) is 8.54. The van der Waals surface area contributed by atoms with Crippen molar-refractivity contribution >= 4 is 23.0 Å². The van der Waals surface area contributed by atoms with Crippen molar-refractivity contribution in [1.29, 1.82) is 0 Å². The molecule has 0 spiro atoms. The molecule has 0 atom stereocenters. The lowest BCUT2D eigenvalue weighted by Crippen LogP contribution is -2.03. The summed E-state index contributed by atoms with van der Waals surface area (Å²) in [6, 6.07) is 4.63. The summed E-state index contributed by atoms with van der Waals surface area (Å²) in [7, 11) is 0. The zero-order chi connectivity index (χ0) is 10.6. The lowest BCUT2D eigenvalue weighted by molar-refractivity contribution is -0.383. The third-order valence-electron chi connectivity index (χ3n) is 1.74. The minimum atomic E-state index is -0.441. The largest absolute Gasteiger partial charge is 0.378 e. The van der Waals surface area contributed by atoms with E-state index < -0.39 is 4.92 Å². The van der Waals surface area contributed by atoms with Gasteiger partial charge in [-0.3, -0.25) is 10.1 Å². The van der Waals surface area contributed by atoms with Crippen LogP contribution in [0.2, 0.25) is 5.02 Å². The molecule has 0 bridgehead atoms. The maximum Gasteiger partial charge on any atom is 0.293 e. The first-order valence-electron chi connectivity index (χ1n) is 4.33. The number of nitrogens with one attached hydrogen (secondary N) is 1. The first-order valence-corrected chi connectivity index (χ1v) is 4.71. The number of rotatable bonds is 4. The normalized spacial score (nSPS) is 9.86. The van der Waals surface area contributed by atoms with Crippen LogP contribution >= 0.6 is 11.6 Å². The number of hydrogen-bond donors (Lipinski definition) is 1. The van der Waals surface area contributed by atoms with Gasteiger partial charge in [0.2, 0.25) is 0 Å². The highest BCUT2D eigenvalue weighted by Crippen LogP contribution is 2.31. The van der Waals surface area contributed by atoms with Crippen LogP contribution in [0.15, 0.2) is 18.2 Å². The van der Waals surface area contributed by atoms with Crippen LogP contribution < -0.4 is 5.32 Å². The van der Waals surface area contributed by atoms with Crippen LogP contribution in [-0.2, 0) is 0 Å². The van der Waals surface area contributed by atoms with Crippen molar-refractivity contribution in [2.75, 3.05) is 11.9 Å². The maximum atomic E-state index is 10.6. The molecule has 1 rings (SSSR count). The number of benzene rings is 1. The SMILES string of the molecule is CCCNc1c(Cl)cccc1[N+](=O)[O-]. The molecule has 0 radical (unpaired) electrons. The van der Waals surface area contributed by atoms with Gasteiger partial charge in [0.25, 0.3) is 5.69 Å². The summed E-state index contributed by atoms with van der Waals surface area (Å²) in [4.78, 5) is 10.2. The topological polar surface area (TPSA) is 55.2 Å². The van der Waals surface area contributed by atoms with Gasteiger partial charge in [-0.15, -0.1) is 0 Å². The third-order valence-corrected chi connectivity index (χ3v) is 2.06. The zero-order valence-electron chi connectivity index (χ0n) is 7.79. The van der Waals surface area contributed by atoms with Gasteiger partial charge in [-0.05, 0) is 12.5 Å². The van der Waals surface area contributed by atoms with E-state index in [0.717, 1.165) is 6.42 Å². The Morgan fingerprint density at radius 1 is 1.57 bits per heavy atom. The quantitative estimate of drug-likeness (QED) is 0.619. The molecule has 0 fully saturated rings. The van der Waals surface area contributed by atoms with Gasteiger partial charge in [0.05, 0.1) is 9.95 Å². The highest BCUT2D eigenvalue weighted by Gasteiger charge is 2.15. The maximum absolute atomic E-state index is 10.6.